The quantitative estimate of drug-likeness (QED) is 0.868. The Bertz CT molecular complexity index is 786. The van der Waals surface area contributed by atoms with Crippen LogP contribution in [0.5, 0.6) is 0 Å². The average molecular weight is 352 g/mol. The molecule has 0 saturated carbocycles. The van der Waals surface area contributed by atoms with Gasteiger partial charge in [0.2, 0.25) is 5.91 Å². The fourth-order valence-electron chi connectivity index (χ4n) is 3.42. The molecular weight excluding hydrogens is 328 g/mol. The lowest BCUT2D eigenvalue weighted by molar-refractivity contribution is -0.133. The number of hydrogen-bond donors (Lipinski definition) is 2. The van der Waals surface area contributed by atoms with Crippen LogP contribution in [0.1, 0.15) is 40.0 Å². The molecule has 1 fully saturated rings. The molecule has 5 nitrogen and oxygen atoms in total. The minimum atomic E-state index is -1.000. The van der Waals surface area contributed by atoms with Crippen molar-refractivity contribution in [3.05, 3.63) is 70.8 Å². The molecule has 0 spiro atoms. The van der Waals surface area contributed by atoms with Crippen molar-refractivity contribution in [2.75, 3.05) is 19.6 Å². The number of carboxylic acid groups (broad SMARTS) is 1. The van der Waals surface area contributed by atoms with E-state index in [0.29, 0.717) is 18.7 Å². The lowest BCUT2D eigenvalue weighted by atomic mass is 9.99. The van der Waals surface area contributed by atoms with Gasteiger partial charge in [0.1, 0.15) is 0 Å². The molecule has 2 N–H and O–H groups in total. The predicted octanol–water partition coefficient (Wildman–Crippen LogP) is 2.66. The number of nitrogens with one attached hydrogen (secondary N) is 1. The van der Waals surface area contributed by atoms with Gasteiger partial charge in [-0.1, -0.05) is 49.4 Å². The highest BCUT2D eigenvalue weighted by Crippen LogP contribution is 2.24. The third kappa shape index (κ3) is 3.94. The maximum absolute atomic E-state index is 13.0. The topological polar surface area (TPSA) is 69.6 Å². The molecule has 1 saturated heterocycles. The van der Waals surface area contributed by atoms with Gasteiger partial charge in [0.15, 0.2) is 0 Å². The predicted molar refractivity (Wildman–Crippen MR) is 100 cm³/mol. The first-order chi connectivity index (χ1) is 12.6. The highest BCUT2D eigenvalue weighted by Gasteiger charge is 2.28. The van der Waals surface area contributed by atoms with Crippen LogP contribution in [0.3, 0.4) is 0 Å². The van der Waals surface area contributed by atoms with E-state index in [1.807, 2.05) is 4.90 Å². The largest absolute Gasteiger partial charge is 0.478 e. The lowest BCUT2D eigenvalue weighted by Crippen LogP contribution is -2.49. The van der Waals surface area contributed by atoms with Crippen LogP contribution in [-0.4, -0.2) is 41.5 Å². The van der Waals surface area contributed by atoms with Gasteiger partial charge < -0.3 is 15.3 Å². The van der Waals surface area contributed by atoms with Crippen molar-refractivity contribution in [2.24, 2.45) is 0 Å². The molecule has 26 heavy (non-hydrogen) atoms. The molecule has 0 bridgehead atoms. The van der Waals surface area contributed by atoms with Gasteiger partial charge in [-0.3, -0.25) is 4.79 Å². The van der Waals surface area contributed by atoms with E-state index in [0.717, 1.165) is 18.5 Å². The van der Waals surface area contributed by atoms with Crippen LogP contribution in [0.25, 0.3) is 0 Å². The Morgan fingerprint density at radius 2 is 1.88 bits per heavy atom. The summed E-state index contributed by atoms with van der Waals surface area (Å²) in [5.41, 5.74) is 3.13. The van der Waals surface area contributed by atoms with Crippen LogP contribution in [0.15, 0.2) is 48.5 Å². The van der Waals surface area contributed by atoms with E-state index in [2.05, 4.69) is 36.5 Å². The maximum atomic E-state index is 13.0. The van der Waals surface area contributed by atoms with Gasteiger partial charge in [0.05, 0.1) is 18.0 Å². The first-order valence-corrected chi connectivity index (χ1v) is 9.00. The molecule has 1 atom stereocenters. The summed E-state index contributed by atoms with van der Waals surface area (Å²) in [5, 5.41) is 12.7. The average Bonchev–Trinajstić information content (AvgIpc) is 2.68. The van der Waals surface area contributed by atoms with Crippen molar-refractivity contribution in [1.29, 1.82) is 0 Å². The number of carboxylic acids is 1. The van der Waals surface area contributed by atoms with E-state index < -0.39 is 5.97 Å². The van der Waals surface area contributed by atoms with Gasteiger partial charge in [-0.25, -0.2) is 4.79 Å². The summed E-state index contributed by atoms with van der Waals surface area (Å²) < 4.78 is 0. The summed E-state index contributed by atoms with van der Waals surface area (Å²) in [7, 11) is 0. The minimum Gasteiger partial charge on any atom is -0.478 e. The van der Waals surface area contributed by atoms with Crippen LogP contribution in [0.2, 0.25) is 0 Å². The Kier molecular flexibility index (Phi) is 5.68. The zero-order chi connectivity index (χ0) is 18.5. The number of nitrogens with zero attached hydrogens (tertiary/aromatic N) is 1. The van der Waals surface area contributed by atoms with Crippen LogP contribution in [-0.2, 0) is 17.6 Å². The minimum absolute atomic E-state index is 0.0286. The van der Waals surface area contributed by atoms with Gasteiger partial charge in [-0.05, 0) is 29.2 Å². The molecule has 1 amide bonds. The number of aryl methyl sites for hydroxylation is 1. The number of hydrogen-bond acceptors (Lipinski definition) is 3. The summed E-state index contributed by atoms with van der Waals surface area (Å²) in [6, 6.07) is 15.1. The standard InChI is InChI=1S/C21H24N2O3/c1-2-15-7-9-16(10-8-15)19-14-22-11-12-23(19)20(24)13-17-5-3-4-6-18(17)21(25)26/h3-10,19,22H,2,11-14H2,1H3,(H,25,26). The summed E-state index contributed by atoms with van der Waals surface area (Å²) in [6.07, 6.45) is 1.09. The Hall–Kier alpha value is -2.66. The normalized spacial score (nSPS) is 17.1. The second-order valence-electron chi connectivity index (χ2n) is 6.54. The molecule has 3 rings (SSSR count). The van der Waals surface area contributed by atoms with Crippen molar-refractivity contribution in [3.8, 4) is 0 Å². The molecule has 1 heterocycles. The fourth-order valence-corrected chi connectivity index (χ4v) is 3.42. The van der Waals surface area contributed by atoms with Gasteiger partial charge in [0.25, 0.3) is 0 Å². The van der Waals surface area contributed by atoms with Gasteiger partial charge in [-0.2, -0.15) is 0 Å². The molecule has 5 heteroatoms. The molecule has 136 valence electrons. The van der Waals surface area contributed by atoms with E-state index in [1.165, 1.54) is 5.56 Å². The highest BCUT2D eigenvalue weighted by atomic mass is 16.4. The Labute approximate surface area is 153 Å². The summed E-state index contributed by atoms with van der Waals surface area (Å²) in [5.74, 6) is -1.04. The number of aromatic carboxylic acids is 1. The lowest BCUT2D eigenvalue weighted by Gasteiger charge is -2.37. The summed E-state index contributed by atoms with van der Waals surface area (Å²) in [4.78, 5) is 26.2. The zero-order valence-corrected chi connectivity index (χ0v) is 14.9. The first kappa shape index (κ1) is 18.1. The van der Waals surface area contributed by atoms with Crippen molar-refractivity contribution in [2.45, 2.75) is 25.8 Å². The third-order valence-corrected chi connectivity index (χ3v) is 4.93. The molecule has 0 radical (unpaired) electrons. The van der Waals surface area contributed by atoms with Gasteiger partial charge in [0, 0.05) is 19.6 Å². The monoisotopic (exact) mass is 352 g/mol. The van der Waals surface area contributed by atoms with Crippen molar-refractivity contribution < 1.29 is 14.7 Å². The van der Waals surface area contributed by atoms with Crippen molar-refractivity contribution in [1.82, 2.24) is 10.2 Å². The second-order valence-corrected chi connectivity index (χ2v) is 6.54. The highest BCUT2D eigenvalue weighted by molar-refractivity contribution is 5.91. The fraction of sp³-hybridized carbons (Fsp3) is 0.333. The smallest absolute Gasteiger partial charge is 0.335 e. The van der Waals surface area contributed by atoms with E-state index in [9.17, 15) is 14.7 Å². The van der Waals surface area contributed by atoms with Gasteiger partial charge in [-0.15, -0.1) is 0 Å². The SMILES string of the molecule is CCc1ccc(C2CNCCN2C(=O)Cc2ccccc2C(=O)O)cc1. The van der Waals surface area contributed by atoms with Crippen LogP contribution in [0.4, 0.5) is 0 Å². The van der Waals surface area contributed by atoms with Gasteiger partial charge >= 0.3 is 5.97 Å². The third-order valence-electron chi connectivity index (χ3n) is 4.93. The van der Waals surface area contributed by atoms with Crippen LogP contribution >= 0.6 is 0 Å². The molecule has 1 aliphatic heterocycles. The number of carbonyl (C=O) groups is 2. The van der Waals surface area contributed by atoms with Crippen molar-refractivity contribution >= 4 is 11.9 Å². The Balaban J connectivity index is 1.81. The first-order valence-electron chi connectivity index (χ1n) is 9.00. The summed E-state index contributed by atoms with van der Waals surface area (Å²) in [6.45, 7) is 4.19. The molecule has 0 aromatic heterocycles. The van der Waals surface area contributed by atoms with E-state index in [4.69, 9.17) is 0 Å². The molecular formula is C21H24N2O3. The summed E-state index contributed by atoms with van der Waals surface area (Å²) >= 11 is 0. The Morgan fingerprint density at radius 3 is 2.58 bits per heavy atom. The number of piperazine rings is 1. The number of amides is 1. The van der Waals surface area contributed by atoms with E-state index >= 15 is 0 Å². The van der Waals surface area contributed by atoms with Crippen LogP contribution in [0, 0.1) is 0 Å². The van der Waals surface area contributed by atoms with E-state index in [1.54, 1.807) is 24.3 Å². The van der Waals surface area contributed by atoms with Crippen molar-refractivity contribution in [3.63, 3.8) is 0 Å². The molecule has 1 unspecified atom stereocenters. The second kappa shape index (κ2) is 8.15. The molecule has 1 aliphatic rings. The number of carbonyl (C=O) groups excluding carboxylic acids is 1. The van der Waals surface area contributed by atoms with E-state index in [-0.39, 0.29) is 23.9 Å². The molecule has 2 aromatic carbocycles. The zero-order valence-electron chi connectivity index (χ0n) is 14.9. The number of benzene rings is 2. The Morgan fingerprint density at radius 1 is 1.15 bits per heavy atom. The molecule has 2 aromatic rings. The molecule has 0 aliphatic carbocycles. The van der Waals surface area contributed by atoms with Crippen LogP contribution < -0.4 is 5.32 Å². The number of rotatable bonds is 5. The maximum Gasteiger partial charge on any atom is 0.335 e.